The van der Waals surface area contributed by atoms with Gasteiger partial charge in [-0.1, -0.05) is 57.2 Å². The molecule has 3 heteroatoms. The van der Waals surface area contributed by atoms with E-state index < -0.39 is 0 Å². The Morgan fingerprint density at radius 2 is 1.82 bits per heavy atom. The summed E-state index contributed by atoms with van der Waals surface area (Å²) >= 11 is 0. The summed E-state index contributed by atoms with van der Waals surface area (Å²) < 4.78 is 0. The fraction of sp³-hybridized carbons (Fsp3) is 0.368. The molecular formula is C19H24N2O. The van der Waals surface area contributed by atoms with Crippen LogP contribution in [0.1, 0.15) is 44.4 Å². The van der Waals surface area contributed by atoms with Crippen molar-refractivity contribution >= 4 is 11.6 Å². The van der Waals surface area contributed by atoms with Crippen molar-refractivity contribution in [1.82, 2.24) is 4.98 Å². The zero-order valence-electron chi connectivity index (χ0n) is 13.8. The Balaban J connectivity index is 2.22. The van der Waals surface area contributed by atoms with Crippen LogP contribution in [-0.2, 0) is 4.79 Å². The number of ketones is 1. The summed E-state index contributed by atoms with van der Waals surface area (Å²) in [4.78, 5) is 16.8. The van der Waals surface area contributed by atoms with E-state index in [1.165, 1.54) is 0 Å². The van der Waals surface area contributed by atoms with Crippen LogP contribution in [0.4, 0.5) is 5.82 Å². The molecule has 0 radical (unpaired) electrons. The SMILES string of the molecule is Cc1ccc(NC(CC(=O)C(C)(C)C)c2ccccc2)nc1. The molecule has 1 aromatic heterocycles. The van der Waals surface area contributed by atoms with Gasteiger partial charge < -0.3 is 5.32 Å². The normalized spacial score (nSPS) is 12.7. The molecule has 0 aliphatic heterocycles. The van der Waals surface area contributed by atoms with E-state index in [2.05, 4.69) is 10.3 Å². The van der Waals surface area contributed by atoms with Gasteiger partial charge in [-0.15, -0.1) is 0 Å². The van der Waals surface area contributed by atoms with Gasteiger partial charge in [0.25, 0.3) is 0 Å². The lowest BCUT2D eigenvalue weighted by molar-refractivity contribution is -0.126. The van der Waals surface area contributed by atoms with Gasteiger partial charge in [0.05, 0.1) is 6.04 Å². The maximum absolute atomic E-state index is 12.4. The van der Waals surface area contributed by atoms with Crippen LogP contribution in [0.25, 0.3) is 0 Å². The third-order valence-corrected chi connectivity index (χ3v) is 3.66. The second kappa shape index (κ2) is 6.73. The predicted molar refractivity (Wildman–Crippen MR) is 90.9 cm³/mol. The first-order chi connectivity index (χ1) is 10.4. The average Bonchev–Trinajstić information content (AvgIpc) is 2.48. The van der Waals surface area contributed by atoms with Crippen LogP contribution in [0.2, 0.25) is 0 Å². The average molecular weight is 296 g/mol. The monoisotopic (exact) mass is 296 g/mol. The number of nitrogens with one attached hydrogen (secondary N) is 1. The minimum absolute atomic E-state index is 0.0665. The minimum atomic E-state index is -0.338. The van der Waals surface area contributed by atoms with Crippen molar-refractivity contribution in [2.24, 2.45) is 5.41 Å². The number of nitrogens with zero attached hydrogens (tertiary/aromatic N) is 1. The van der Waals surface area contributed by atoms with E-state index in [1.54, 1.807) is 0 Å². The number of Topliss-reactive ketones (excluding diaryl/α,β-unsaturated/α-hetero) is 1. The van der Waals surface area contributed by atoms with E-state index in [1.807, 2.05) is 76.4 Å². The fourth-order valence-corrected chi connectivity index (χ4v) is 2.16. The number of carbonyl (C=O) groups is 1. The van der Waals surface area contributed by atoms with Crippen LogP contribution in [-0.4, -0.2) is 10.8 Å². The highest BCUT2D eigenvalue weighted by atomic mass is 16.1. The molecule has 2 rings (SSSR count). The van der Waals surface area contributed by atoms with Crippen molar-refractivity contribution in [2.45, 2.75) is 40.2 Å². The summed E-state index contributed by atoms with van der Waals surface area (Å²) in [7, 11) is 0. The van der Waals surface area contributed by atoms with Gasteiger partial charge in [0.2, 0.25) is 0 Å². The highest BCUT2D eigenvalue weighted by Crippen LogP contribution is 2.27. The van der Waals surface area contributed by atoms with E-state index in [0.717, 1.165) is 16.9 Å². The van der Waals surface area contributed by atoms with E-state index in [9.17, 15) is 4.79 Å². The van der Waals surface area contributed by atoms with E-state index in [-0.39, 0.29) is 17.2 Å². The third kappa shape index (κ3) is 4.42. The van der Waals surface area contributed by atoms with Crippen LogP contribution >= 0.6 is 0 Å². The van der Waals surface area contributed by atoms with Gasteiger partial charge in [-0.2, -0.15) is 0 Å². The molecule has 1 unspecified atom stereocenters. The molecule has 1 heterocycles. The lowest BCUT2D eigenvalue weighted by Crippen LogP contribution is -2.25. The van der Waals surface area contributed by atoms with Crippen molar-refractivity contribution in [1.29, 1.82) is 0 Å². The van der Waals surface area contributed by atoms with Crippen molar-refractivity contribution in [2.75, 3.05) is 5.32 Å². The molecule has 0 saturated carbocycles. The van der Waals surface area contributed by atoms with Crippen LogP contribution in [0.5, 0.6) is 0 Å². The molecule has 0 bridgehead atoms. The van der Waals surface area contributed by atoms with E-state index in [0.29, 0.717) is 6.42 Å². The maximum Gasteiger partial charge on any atom is 0.140 e. The van der Waals surface area contributed by atoms with E-state index >= 15 is 0 Å². The predicted octanol–water partition coefficient (Wildman–Crippen LogP) is 4.55. The van der Waals surface area contributed by atoms with Crippen molar-refractivity contribution in [3.05, 3.63) is 59.8 Å². The zero-order valence-corrected chi connectivity index (χ0v) is 13.8. The van der Waals surface area contributed by atoms with Crippen LogP contribution in [0, 0.1) is 12.3 Å². The van der Waals surface area contributed by atoms with E-state index in [4.69, 9.17) is 0 Å². The first-order valence-corrected chi connectivity index (χ1v) is 7.64. The third-order valence-electron chi connectivity index (χ3n) is 3.66. The largest absolute Gasteiger partial charge is 0.363 e. The summed E-state index contributed by atoms with van der Waals surface area (Å²) in [5.41, 5.74) is 1.88. The highest BCUT2D eigenvalue weighted by molar-refractivity contribution is 5.84. The highest BCUT2D eigenvalue weighted by Gasteiger charge is 2.25. The molecule has 1 atom stereocenters. The first-order valence-electron chi connectivity index (χ1n) is 7.64. The summed E-state index contributed by atoms with van der Waals surface area (Å²) in [6.45, 7) is 7.89. The van der Waals surface area contributed by atoms with Gasteiger partial charge in [0, 0.05) is 18.0 Å². The minimum Gasteiger partial charge on any atom is -0.363 e. The van der Waals surface area contributed by atoms with Crippen LogP contribution in [0.15, 0.2) is 48.7 Å². The second-order valence-electron chi connectivity index (χ2n) is 6.71. The number of anilines is 1. The number of rotatable bonds is 5. The Kier molecular flexibility index (Phi) is 4.96. The van der Waals surface area contributed by atoms with Crippen molar-refractivity contribution in [3.8, 4) is 0 Å². The topological polar surface area (TPSA) is 42.0 Å². The smallest absolute Gasteiger partial charge is 0.140 e. The molecule has 0 fully saturated rings. The molecule has 116 valence electrons. The molecule has 0 saturated heterocycles. The summed E-state index contributed by atoms with van der Waals surface area (Å²) in [5, 5.41) is 3.39. The number of hydrogen-bond acceptors (Lipinski definition) is 3. The van der Waals surface area contributed by atoms with Gasteiger partial charge in [-0.3, -0.25) is 4.79 Å². The van der Waals surface area contributed by atoms with Crippen molar-refractivity contribution in [3.63, 3.8) is 0 Å². The fourth-order valence-electron chi connectivity index (χ4n) is 2.16. The molecule has 0 aliphatic carbocycles. The molecule has 1 N–H and O–H groups in total. The summed E-state index contributed by atoms with van der Waals surface area (Å²) in [6, 6.07) is 14.0. The maximum atomic E-state index is 12.4. The number of hydrogen-bond donors (Lipinski definition) is 1. The summed E-state index contributed by atoms with van der Waals surface area (Å²) in [5.74, 6) is 1.03. The second-order valence-corrected chi connectivity index (χ2v) is 6.71. The first kappa shape index (κ1) is 16.2. The quantitative estimate of drug-likeness (QED) is 0.880. The Labute approximate surface area is 132 Å². The Morgan fingerprint density at radius 1 is 1.14 bits per heavy atom. The lowest BCUT2D eigenvalue weighted by atomic mass is 9.85. The molecule has 22 heavy (non-hydrogen) atoms. The van der Waals surface area contributed by atoms with Gasteiger partial charge >= 0.3 is 0 Å². The molecule has 2 aromatic rings. The Bertz CT molecular complexity index is 612. The van der Waals surface area contributed by atoms with Crippen LogP contribution < -0.4 is 5.32 Å². The van der Waals surface area contributed by atoms with Crippen LogP contribution in [0.3, 0.4) is 0 Å². The molecule has 0 aliphatic rings. The van der Waals surface area contributed by atoms with Gasteiger partial charge in [-0.25, -0.2) is 4.98 Å². The molecule has 3 nitrogen and oxygen atoms in total. The zero-order chi connectivity index (χ0) is 16.2. The van der Waals surface area contributed by atoms with Gasteiger partial charge in [0.15, 0.2) is 0 Å². The number of benzene rings is 1. The number of carbonyl (C=O) groups excluding carboxylic acids is 1. The molecule has 1 aromatic carbocycles. The number of pyridine rings is 1. The van der Waals surface area contributed by atoms with Gasteiger partial charge in [0.1, 0.15) is 11.6 Å². The van der Waals surface area contributed by atoms with Crippen molar-refractivity contribution < 1.29 is 4.79 Å². The molecule has 0 amide bonds. The number of aryl methyl sites for hydroxylation is 1. The standard InChI is InChI=1S/C19H24N2O/c1-14-10-11-18(20-13-14)21-16(12-17(22)19(2,3)4)15-8-6-5-7-9-15/h5-11,13,16H,12H2,1-4H3,(H,20,21). The Morgan fingerprint density at radius 3 is 2.36 bits per heavy atom. The molecule has 0 spiro atoms. The molecular weight excluding hydrogens is 272 g/mol. The lowest BCUT2D eigenvalue weighted by Gasteiger charge is -2.24. The van der Waals surface area contributed by atoms with Gasteiger partial charge in [-0.05, 0) is 24.1 Å². The Hall–Kier alpha value is -2.16. The summed E-state index contributed by atoms with van der Waals surface area (Å²) in [6.07, 6.45) is 2.28. The number of aromatic nitrogens is 1.